The third-order valence-electron chi connectivity index (χ3n) is 3.50. The summed E-state index contributed by atoms with van der Waals surface area (Å²) in [6.45, 7) is 1.55. The van der Waals surface area contributed by atoms with Crippen LogP contribution in [0.25, 0.3) is 6.08 Å². The standard InChI is InChI=1S/C15H20N2O3S/c1-11(15(18)17(2)3)16-21(19,20)14-9-8-12-6-4-5-7-13(12)10-14/h4-7,10-11,16H,8-9H2,1-3H3. The zero-order valence-electron chi connectivity index (χ0n) is 12.5. The summed E-state index contributed by atoms with van der Waals surface area (Å²) in [4.78, 5) is 13.5. The smallest absolute Gasteiger partial charge is 0.239 e. The van der Waals surface area contributed by atoms with Crippen molar-refractivity contribution in [1.82, 2.24) is 9.62 Å². The molecule has 2 rings (SSSR count). The van der Waals surface area contributed by atoms with Crippen molar-refractivity contribution in [3.8, 4) is 0 Å². The molecule has 0 saturated heterocycles. The number of carbonyl (C=O) groups is 1. The minimum Gasteiger partial charge on any atom is -0.347 e. The van der Waals surface area contributed by atoms with Crippen LogP contribution in [0.15, 0.2) is 29.2 Å². The molecular weight excluding hydrogens is 288 g/mol. The molecule has 0 aromatic heterocycles. The number of rotatable bonds is 4. The number of hydrogen-bond donors (Lipinski definition) is 1. The van der Waals surface area contributed by atoms with Gasteiger partial charge in [0, 0.05) is 14.1 Å². The van der Waals surface area contributed by atoms with Crippen LogP contribution in [0.3, 0.4) is 0 Å². The molecule has 1 amide bonds. The Morgan fingerprint density at radius 1 is 1.24 bits per heavy atom. The van der Waals surface area contributed by atoms with E-state index in [9.17, 15) is 13.2 Å². The van der Waals surface area contributed by atoms with Gasteiger partial charge in [0.2, 0.25) is 15.9 Å². The molecule has 0 fully saturated rings. The Morgan fingerprint density at radius 2 is 1.90 bits per heavy atom. The lowest BCUT2D eigenvalue weighted by Gasteiger charge is -2.21. The molecular formula is C15H20N2O3S. The van der Waals surface area contributed by atoms with E-state index in [1.807, 2.05) is 24.3 Å². The van der Waals surface area contributed by atoms with Crippen molar-refractivity contribution in [3.05, 3.63) is 40.3 Å². The van der Waals surface area contributed by atoms with E-state index in [1.165, 1.54) is 4.90 Å². The summed E-state index contributed by atoms with van der Waals surface area (Å²) in [7, 11) is -0.439. The lowest BCUT2D eigenvalue weighted by molar-refractivity contribution is -0.130. The van der Waals surface area contributed by atoms with E-state index >= 15 is 0 Å². The summed E-state index contributed by atoms with van der Waals surface area (Å²) < 4.78 is 27.2. The average molecular weight is 308 g/mol. The van der Waals surface area contributed by atoms with Crippen LogP contribution in [-0.4, -0.2) is 39.4 Å². The van der Waals surface area contributed by atoms with Crippen molar-refractivity contribution >= 4 is 22.0 Å². The second kappa shape index (κ2) is 5.99. The molecule has 114 valence electrons. The van der Waals surface area contributed by atoms with Crippen LogP contribution in [0.4, 0.5) is 0 Å². The highest BCUT2D eigenvalue weighted by Crippen LogP contribution is 2.26. The van der Waals surface area contributed by atoms with Gasteiger partial charge in [0.25, 0.3) is 0 Å². The van der Waals surface area contributed by atoms with Crippen LogP contribution in [-0.2, 0) is 21.2 Å². The highest BCUT2D eigenvalue weighted by molar-refractivity contribution is 7.93. The molecule has 1 unspecified atom stereocenters. The van der Waals surface area contributed by atoms with Gasteiger partial charge < -0.3 is 4.90 Å². The second-order valence-electron chi connectivity index (χ2n) is 5.39. The molecule has 1 aliphatic rings. The normalized spacial score (nSPS) is 15.9. The molecule has 5 nitrogen and oxygen atoms in total. The highest BCUT2D eigenvalue weighted by Gasteiger charge is 2.26. The molecule has 0 radical (unpaired) electrons. The van der Waals surface area contributed by atoms with Gasteiger partial charge in [0.1, 0.15) is 0 Å². The molecule has 1 aliphatic carbocycles. The number of amides is 1. The van der Waals surface area contributed by atoms with Crippen LogP contribution < -0.4 is 4.72 Å². The fourth-order valence-corrected chi connectivity index (χ4v) is 3.73. The maximum absolute atomic E-state index is 12.4. The zero-order chi connectivity index (χ0) is 15.6. The van der Waals surface area contributed by atoms with Crippen LogP contribution >= 0.6 is 0 Å². The minimum atomic E-state index is -3.64. The van der Waals surface area contributed by atoms with Gasteiger partial charge in [-0.1, -0.05) is 24.3 Å². The van der Waals surface area contributed by atoms with E-state index < -0.39 is 16.1 Å². The summed E-state index contributed by atoms with van der Waals surface area (Å²) in [5.74, 6) is -0.268. The number of carbonyl (C=O) groups excluding carboxylic acids is 1. The highest BCUT2D eigenvalue weighted by atomic mass is 32.2. The van der Waals surface area contributed by atoms with Gasteiger partial charge in [-0.25, -0.2) is 8.42 Å². The van der Waals surface area contributed by atoms with Crippen LogP contribution in [0.2, 0.25) is 0 Å². The van der Waals surface area contributed by atoms with Gasteiger partial charge in [-0.15, -0.1) is 0 Å². The number of aryl methyl sites for hydroxylation is 1. The van der Waals surface area contributed by atoms with E-state index in [4.69, 9.17) is 0 Å². The SMILES string of the molecule is CC(NS(=O)(=O)C1=Cc2ccccc2CC1)C(=O)N(C)C. The van der Waals surface area contributed by atoms with E-state index in [-0.39, 0.29) is 5.91 Å². The number of likely N-dealkylation sites (N-methyl/N-ethyl adjacent to an activating group) is 1. The summed E-state index contributed by atoms with van der Waals surface area (Å²) in [5.41, 5.74) is 2.07. The largest absolute Gasteiger partial charge is 0.347 e. The van der Waals surface area contributed by atoms with Gasteiger partial charge >= 0.3 is 0 Å². The number of allylic oxidation sites excluding steroid dienone is 1. The molecule has 21 heavy (non-hydrogen) atoms. The van der Waals surface area contributed by atoms with Crippen LogP contribution in [0.1, 0.15) is 24.5 Å². The summed E-state index contributed by atoms with van der Waals surface area (Å²) in [5, 5.41) is 0. The van der Waals surface area contributed by atoms with Crippen molar-refractivity contribution < 1.29 is 13.2 Å². The fraction of sp³-hybridized carbons (Fsp3) is 0.400. The maximum Gasteiger partial charge on any atom is 0.239 e. The predicted octanol–water partition coefficient (Wildman–Crippen LogP) is 1.37. The number of nitrogens with zero attached hydrogens (tertiary/aromatic N) is 1. The van der Waals surface area contributed by atoms with E-state index in [1.54, 1.807) is 27.1 Å². The summed E-state index contributed by atoms with van der Waals surface area (Å²) >= 11 is 0. The molecule has 1 aromatic rings. The van der Waals surface area contributed by atoms with Crippen molar-refractivity contribution in [3.63, 3.8) is 0 Å². The van der Waals surface area contributed by atoms with Crippen molar-refractivity contribution in [1.29, 1.82) is 0 Å². The average Bonchev–Trinajstić information content (AvgIpc) is 2.45. The van der Waals surface area contributed by atoms with E-state index in [0.717, 1.165) is 11.1 Å². The fourth-order valence-electron chi connectivity index (χ4n) is 2.36. The second-order valence-corrected chi connectivity index (χ2v) is 7.15. The molecule has 0 aliphatic heterocycles. The maximum atomic E-state index is 12.4. The molecule has 0 bridgehead atoms. The molecule has 0 spiro atoms. The summed E-state index contributed by atoms with van der Waals surface area (Å²) in [6, 6.07) is 6.96. The molecule has 1 aromatic carbocycles. The number of hydrogen-bond acceptors (Lipinski definition) is 3. The molecule has 1 N–H and O–H groups in total. The number of nitrogens with one attached hydrogen (secondary N) is 1. The first-order chi connectivity index (χ1) is 9.81. The number of sulfonamides is 1. The Labute approximate surface area is 125 Å². The third kappa shape index (κ3) is 3.51. The van der Waals surface area contributed by atoms with E-state index in [0.29, 0.717) is 17.7 Å². The number of benzene rings is 1. The Hall–Kier alpha value is -1.66. The molecule has 0 heterocycles. The topological polar surface area (TPSA) is 66.5 Å². The third-order valence-corrected chi connectivity index (χ3v) is 5.18. The minimum absolute atomic E-state index is 0.268. The Balaban J connectivity index is 2.22. The molecule has 0 saturated carbocycles. The van der Waals surface area contributed by atoms with Crippen molar-refractivity contribution in [2.24, 2.45) is 0 Å². The van der Waals surface area contributed by atoms with Gasteiger partial charge in [0.15, 0.2) is 0 Å². The van der Waals surface area contributed by atoms with Crippen LogP contribution in [0.5, 0.6) is 0 Å². The van der Waals surface area contributed by atoms with Gasteiger partial charge in [-0.3, -0.25) is 4.79 Å². The molecule has 6 heteroatoms. The molecule has 1 atom stereocenters. The van der Waals surface area contributed by atoms with Crippen LogP contribution in [0, 0.1) is 0 Å². The number of fused-ring (bicyclic) bond motifs is 1. The van der Waals surface area contributed by atoms with Gasteiger partial charge in [-0.05, 0) is 37.0 Å². The quantitative estimate of drug-likeness (QED) is 0.913. The zero-order valence-corrected chi connectivity index (χ0v) is 13.3. The van der Waals surface area contributed by atoms with Crippen molar-refractivity contribution in [2.75, 3.05) is 14.1 Å². The first kappa shape index (κ1) is 15.7. The monoisotopic (exact) mass is 308 g/mol. The Kier molecular flexibility index (Phi) is 4.49. The van der Waals surface area contributed by atoms with E-state index in [2.05, 4.69) is 4.72 Å². The lowest BCUT2D eigenvalue weighted by atomic mass is 9.98. The van der Waals surface area contributed by atoms with Crippen molar-refractivity contribution in [2.45, 2.75) is 25.8 Å². The summed E-state index contributed by atoms with van der Waals surface area (Å²) in [6.07, 6.45) is 2.84. The van der Waals surface area contributed by atoms with Gasteiger partial charge in [-0.2, -0.15) is 4.72 Å². The Bertz CT molecular complexity index is 678. The lowest BCUT2D eigenvalue weighted by Crippen LogP contribution is -2.44. The van der Waals surface area contributed by atoms with Gasteiger partial charge in [0.05, 0.1) is 10.9 Å². The first-order valence-corrected chi connectivity index (χ1v) is 8.31. The predicted molar refractivity (Wildman–Crippen MR) is 83.0 cm³/mol. The Morgan fingerprint density at radius 3 is 2.57 bits per heavy atom. The first-order valence-electron chi connectivity index (χ1n) is 6.83.